The number of aliphatic hydroxyl groups is 1. The Labute approximate surface area is 152 Å². The number of anilines is 1. The Morgan fingerprint density at radius 1 is 1.15 bits per heavy atom. The number of carbonyl (C=O) groups excluding carboxylic acids is 2. The zero-order valence-corrected chi connectivity index (χ0v) is 14.6. The zero-order valence-electron chi connectivity index (χ0n) is 14.6. The molecule has 1 N–H and O–H groups in total. The molecule has 6 heteroatoms. The Kier molecular flexibility index (Phi) is 6.93. The summed E-state index contributed by atoms with van der Waals surface area (Å²) in [5.41, 5.74) is 1.70. The number of nitrogens with zero attached hydrogens (tertiary/aromatic N) is 1. The van der Waals surface area contributed by atoms with Gasteiger partial charge < -0.3 is 14.6 Å². The highest BCUT2D eigenvalue weighted by Gasteiger charge is 2.23. The van der Waals surface area contributed by atoms with Gasteiger partial charge in [0.2, 0.25) is 0 Å². The van der Waals surface area contributed by atoms with Gasteiger partial charge in [-0.05, 0) is 17.7 Å². The molecule has 1 amide bonds. The number of esters is 1. The maximum atomic E-state index is 12.6. The van der Waals surface area contributed by atoms with E-state index in [-0.39, 0.29) is 24.3 Å². The van der Waals surface area contributed by atoms with Crippen LogP contribution in [0.15, 0.2) is 61.2 Å². The molecule has 0 saturated heterocycles. The standard InChI is InChI=1S/C20H21NO5/c1-3-12-21(20(24)26-14-15-8-5-4-6-9-15)18-11-7-10-16(17(18)13-22)19(23)25-2/h3-11,22H,1,12-14H2,2H3. The zero-order chi connectivity index (χ0) is 18.9. The van der Waals surface area contributed by atoms with Crippen LogP contribution in [0.4, 0.5) is 10.5 Å². The SMILES string of the molecule is C=CCN(C(=O)OCc1ccccc1)c1cccc(C(=O)OC)c1CO. The Hall–Kier alpha value is -3.12. The number of hydrogen-bond donors (Lipinski definition) is 1. The molecular weight excluding hydrogens is 334 g/mol. The van der Waals surface area contributed by atoms with Crippen molar-refractivity contribution in [2.24, 2.45) is 0 Å². The smallest absolute Gasteiger partial charge is 0.414 e. The second-order valence-corrected chi connectivity index (χ2v) is 5.39. The van der Waals surface area contributed by atoms with Crippen molar-refractivity contribution in [3.8, 4) is 0 Å². The van der Waals surface area contributed by atoms with Crippen molar-refractivity contribution in [3.05, 3.63) is 77.9 Å². The molecule has 0 atom stereocenters. The van der Waals surface area contributed by atoms with Gasteiger partial charge in [0, 0.05) is 12.1 Å². The van der Waals surface area contributed by atoms with Gasteiger partial charge in [-0.3, -0.25) is 4.90 Å². The van der Waals surface area contributed by atoms with Crippen LogP contribution in [0.1, 0.15) is 21.5 Å². The number of methoxy groups -OCH3 is 1. The van der Waals surface area contributed by atoms with Gasteiger partial charge in [0.15, 0.2) is 0 Å². The van der Waals surface area contributed by atoms with Gasteiger partial charge in [0.1, 0.15) is 6.61 Å². The molecule has 0 bridgehead atoms. The van der Waals surface area contributed by atoms with Gasteiger partial charge in [-0.25, -0.2) is 9.59 Å². The van der Waals surface area contributed by atoms with Gasteiger partial charge >= 0.3 is 12.1 Å². The van der Waals surface area contributed by atoms with Gasteiger partial charge in [0.05, 0.1) is 25.0 Å². The van der Waals surface area contributed by atoms with E-state index < -0.39 is 18.7 Å². The lowest BCUT2D eigenvalue weighted by atomic mass is 10.0. The van der Waals surface area contributed by atoms with Crippen molar-refractivity contribution in [2.75, 3.05) is 18.6 Å². The molecule has 0 unspecified atom stereocenters. The molecule has 0 heterocycles. The van der Waals surface area contributed by atoms with Gasteiger partial charge in [-0.2, -0.15) is 0 Å². The molecule has 0 spiro atoms. The molecule has 0 aromatic heterocycles. The Morgan fingerprint density at radius 3 is 2.50 bits per heavy atom. The maximum absolute atomic E-state index is 12.6. The minimum Gasteiger partial charge on any atom is -0.465 e. The fraction of sp³-hybridized carbons (Fsp3) is 0.200. The summed E-state index contributed by atoms with van der Waals surface area (Å²) in [4.78, 5) is 25.8. The van der Waals surface area contributed by atoms with Crippen LogP contribution >= 0.6 is 0 Å². The summed E-state index contributed by atoms with van der Waals surface area (Å²) in [6.45, 7) is 3.49. The van der Waals surface area contributed by atoms with E-state index in [2.05, 4.69) is 6.58 Å². The molecule has 6 nitrogen and oxygen atoms in total. The van der Waals surface area contributed by atoms with Gasteiger partial charge in [-0.1, -0.05) is 42.5 Å². The first-order valence-corrected chi connectivity index (χ1v) is 8.02. The van der Waals surface area contributed by atoms with E-state index in [4.69, 9.17) is 9.47 Å². The van der Waals surface area contributed by atoms with Crippen molar-refractivity contribution in [2.45, 2.75) is 13.2 Å². The van der Waals surface area contributed by atoms with Crippen LogP contribution in [-0.4, -0.2) is 30.8 Å². The number of hydrogen-bond acceptors (Lipinski definition) is 5. The number of rotatable bonds is 7. The number of aliphatic hydroxyl groups excluding tert-OH is 1. The predicted octanol–water partition coefficient (Wildman–Crippen LogP) is 3.29. The van der Waals surface area contributed by atoms with Crippen LogP contribution in [0, 0.1) is 0 Å². The first-order valence-electron chi connectivity index (χ1n) is 8.02. The summed E-state index contributed by atoms with van der Waals surface area (Å²) in [6.07, 6.45) is 0.931. The fourth-order valence-electron chi connectivity index (χ4n) is 2.49. The Bertz CT molecular complexity index is 773. The van der Waals surface area contributed by atoms with E-state index in [0.717, 1.165) is 5.56 Å². The summed E-state index contributed by atoms with van der Waals surface area (Å²) in [5, 5.41) is 9.74. The van der Waals surface area contributed by atoms with Crippen LogP contribution in [0.25, 0.3) is 0 Å². The monoisotopic (exact) mass is 355 g/mol. The van der Waals surface area contributed by atoms with E-state index in [9.17, 15) is 14.7 Å². The van der Waals surface area contributed by atoms with Crippen molar-refractivity contribution >= 4 is 17.7 Å². The maximum Gasteiger partial charge on any atom is 0.414 e. The van der Waals surface area contributed by atoms with Crippen molar-refractivity contribution < 1.29 is 24.2 Å². The number of amides is 1. The first kappa shape index (κ1) is 19.2. The van der Waals surface area contributed by atoms with E-state index >= 15 is 0 Å². The average molecular weight is 355 g/mol. The van der Waals surface area contributed by atoms with Crippen LogP contribution in [0.3, 0.4) is 0 Å². The Morgan fingerprint density at radius 2 is 1.88 bits per heavy atom. The second kappa shape index (κ2) is 9.39. The third-order valence-corrected chi connectivity index (χ3v) is 3.74. The normalized spacial score (nSPS) is 10.1. The molecular formula is C20H21NO5. The molecule has 0 aliphatic heterocycles. The molecule has 26 heavy (non-hydrogen) atoms. The van der Waals surface area contributed by atoms with Crippen molar-refractivity contribution in [1.82, 2.24) is 0 Å². The van der Waals surface area contributed by atoms with Crippen molar-refractivity contribution in [1.29, 1.82) is 0 Å². The molecule has 2 rings (SSSR count). The number of ether oxygens (including phenoxy) is 2. The van der Waals surface area contributed by atoms with Gasteiger partial charge in [-0.15, -0.1) is 6.58 Å². The number of benzene rings is 2. The summed E-state index contributed by atoms with van der Waals surface area (Å²) >= 11 is 0. The van der Waals surface area contributed by atoms with Crippen LogP contribution in [0.5, 0.6) is 0 Å². The van der Waals surface area contributed by atoms with E-state index in [1.54, 1.807) is 12.1 Å². The Balaban J connectivity index is 2.29. The molecule has 0 fully saturated rings. The van der Waals surface area contributed by atoms with E-state index in [0.29, 0.717) is 5.69 Å². The highest BCUT2D eigenvalue weighted by molar-refractivity contribution is 5.96. The number of carbonyl (C=O) groups is 2. The summed E-state index contributed by atoms with van der Waals surface area (Å²) in [6, 6.07) is 14.1. The molecule has 0 saturated carbocycles. The quantitative estimate of drug-likeness (QED) is 0.609. The first-order chi connectivity index (χ1) is 12.6. The largest absolute Gasteiger partial charge is 0.465 e. The minimum absolute atomic E-state index is 0.110. The topological polar surface area (TPSA) is 76.1 Å². The van der Waals surface area contributed by atoms with Crippen LogP contribution < -0.4 is 4.90 Å². The minimum atomic E-state index is -0.606. The fourth-order valence-corrected chi connectivity index (χ4v) is 2.49. The molecule has 2 aromatic carbocycles. The van der Waals surface area contributed by atoms with Gasteiger partial charge in [0.25, 0.3) is 0 Å². The lowest BCUT2D eigenvalue weighted by molar-refractivity contribution is 0.0597. The molecule has 0 aliphatic rings. The lowest BCUT2D eigenvalue weighted by Gasteiger charge is -2.24. The van der Waals surface area contributed by atoms with E-state index in [1.807, 2.05) is 30.3 Å². The van der Waals surface area contributed by atoms with E-state index in [1.165, 1.54) is 24.2 Å². The van der Waals surface area contributed by atoms with Crippen LogP contribution in [0.2, 0.25) is 0 Å². The molecule has 2 aromatic rings. The lowest BCUT2D eigenvalue weighted by Crippen LogP contribution is -2.33. The molecule has 0 radical (unpaired) electrons. The van der Waals surface area contributed by atoms with Crippen LogP contribution in [-0.2, 0) is 22.7 Å². The summed E-state index contributed by atoms with van der Waals surface area (Å²) in [5.74, 6) is -0.591. The third kappa shape index (κ3) is 4.49. The molecule has 0 aliphatic carbocycles. The highest BCUT2D eigenvalue weighted by atomic mass is 16.6. The van der Waals surface area contributed by atoms with Crippen molar-refractivity contribution in [3.63, 3.8) is 0 Å². The summed E-state index contributed by atoms with van der Waals surface area (Å²) < 4.78 is 10.1. The second-order valence-electron chi connectivity index (χ2n) is 5.39. The summed E-state index contributed by atoms with van der Waals surface area (Å²) in [7, 11) is 1.26. The third-order valence-electron chi connectivity index (χ3n) is 3.74. The highest BCUT2D eigenvalue weighted by Crippen LogP contribution is 2.26. The predicted molar refractivity (Wildman–Crippen MR) is 97.9 cm³/mol. The average Bonchev–Trinajstić information content (AvgIpc) is 2.69. The molecule has 136 valence electrons.